The molecule has 7 nitrogen and oxygen atoms in total. The second kappa shape index (κ2) is 8.84. The van der Waals surface area contributed by atoms with Gasteiger partial charge in [0, 0.05) is 32.1 Å². The molecule has 1 N–H and O–H groups in total. The molecular weight excluding hydrogens is 366 g/mol. The molecule has 0 spiro atoms. The first-order valence-corrected chi connectivity index (χ1v) is 10.9. The van der Waals surface area contributed by atoms with Crippen molar-refractivity contribution >= 4 is 6.03 Å². The van der Waals surface area contributed by atoms with Gasteiger partial charge in [0.05, 0.1) is 5.69 Å². The summed E-state index contributed by atoms with van der Waals surface area (Å²) >= 11 is 0. The van der Waals surface area contributed by atoms with E-state index in [1.807, 2.05) is 35.2 Å². The van der Waals surface area contributed by atoms with Crippen molar-refractivity contribution < 1.29 is 4.79 Å². The largest absolute Gasteiger partial charge is 0.350 e. The summed E-state index contributed by atoms with van der Waals surface area (Å²) in [6, 6.07) is 10.1. The number of nitrogens with one attached hydrogen (secondary N) is 1. The zero-order valence-electron chi connectivity index (χ0n) is 17.2. The molecule has 29 heavy (non-hydrogen) atoms. The van der Waals surface area contributed by atoms with Crippen LogP contribution in [0.15, 0.2) is 35.1 Å². The Hall–Kier alpha value is -2.57. The number of amides is 2. The molecule has 0 radical (unpaired) electrons. The van der Waals surface area contributed by atoms with Crippen molar-refractivity contribution in [2.45, 2.75) is 63.3 Å². The fourth-order valence-corrected chi connectivity index (χ4v) is 4.60. The van der Waals surface area contributed by atoms with Gasteiger partial charge in [0.2, 0.25) is 0 Å². The van der Waals surface area contributed by atoms with Crippen molar-refractivity contribution in [1.29, 1.82) is 0 Å². The van der Waals surface area contributed by atoms with E-state index in [9.17, 15) is 9.59 Å². The topological polar surface area (TPSA) is 72.2 Å². The third kappa shape index (κ3) is 4.38. The normalized spacial score (nSPS) is 19.1. The lowest BCUT2D eigenvalue weighted by molar-refractivity contribution is 0.175. The number of para-hydroxylation sites is 1. The van der Waals surface area contributed by atoms with Crippen molar-refractivity contribution in [3.63, 3.8) is 0 Å². The second-order valence-electron chi connectivity index (χ2n) is 8.33. The van der Waals surface area contributed by atoms with Crippen LogP contribution in [0.1, 0.15) is 63.1 Å². The first-order valence-electron chi connectivity index (χ1n) is 10.9. The molecule has 2 aromatic rings. The monoisotopic (exact) mass is 397 g/mol. The van der Waals surface area contributed by atoms with Crippen LogP contribution in [0.3, 0.4) is 0 Å². The first-order chi connectivity index (χ1) is 14.1. The lowest BCUT2D eigenvalue weighted by atomic mass is 9.96. The fourth-order valence-electron chi connectivity index (χ4n) is 4.60. The van der Waals surface area contributed by atoms with Gasteiger partial charge in [-0.15, -0.1) is 0 Å². The number of carbonyl (C=O) groups is 1. The zero-order valence-corrected chi connectivity index (χ0v) is 17.2. The number of carbonyl (C=O) groups excluding carboxylic acids is 1. The average Bonchev–Trinajstić information content (AvgIpc) is 2.90. The molecule has 1 aromatic heterocycles. The highest BCUT2D eigenvalue weighted by Gasteiger charge is 2.29. The smallest absolute Gasteiger partial charge is 0.335 e. The van der Waals surface area contributed by atoms with Crippen LogP contribution in [-0.2, 0) is 7.05 Å². The number of nitrogens with zero attached hydrogens (tertiary/aromatic N) is 4. The minimum Gasteiger partial charge on any atom is -0.335 e. The highest BCUT2D eigenvalue weighted by atomic mass is 16.2. The summed E-state index contributed by atoms with van der Waals surface area (Å²) in [4.78, 5) is 27.3. The number of hydrogen-bond donors (Lipinski definition) is 1. The van der Waals surface area contributed by atoms with Gasteiger partial charge in [-0.25, -0.2) is 18.8 Å². The summed E-state index contributed by atoms with van der Waals surface area (Å²) in [5.74, 6) is 0.971. The van der Waals surface area contributed by atoms with Crippen LogP contribution in [0.4, 0.5) is 4.79 Å². The number of urea groups is 1. The molecule has 0 bridgehead atoms. The summed E-state index contributed by atoms with van der Waals surface area (Å²) < 4.78 is 3.12. The van der Waals surface area contributed by atoms with E-state index < -0.39 is 0 Å². The van der Waals surface area contributed by atoms with Crippen LogP contribution in [0.2, 0.25) is 0 Å². The van der Waals surface area contributed by atoms with Gasteiger partial charge in [-0.05, 0) is 37.8 Å². The van der Waals surface area contributed by atoms with E-state index in [2.05, 4.69) is 10.4 Å². The maximum atomic E-state index is 12.7. The van der Waals surface area contributed by atoms with Crippen molar-refractivity contribution in [3.05, 3.63) is 46.6 Å². The van der Waals surface area contributed by atoms with E-state index in [4.69, 9.17) is 0 Å². The third-order valence-electron chi connectivity index (χ3n) is 6.29. The van der Waals surface area contributed by atoms with Crippen LogP contribution in [0, 0.1) is 0 Å². The molecule has 1 aliphatic heterocycles. The maximum absolute atomic E-state index is 12.7. The number of piperidine rings is 1. The van der Waals surface area contributed by atoms with E-state index in [0.717, 1.165) is 37.2 Å². The van der Waals surface area contributed by atoms with E-state index in [-0.39, 0.29) is 17.6 Å². The van der Waals surface area contributed by atoms with Gasteiger partial charge < -0.3 is 10.2 Å². The number of rotatable bonds is 3. The Morgan fingerprint density at radius 3 is 2.31 bits per heavy atom. The minimum absolute atomic E-state index is 0.0665. The Morgan fingerprint density at radius 2 is 1.66 bits per heavy atom. The predicted octanol–water partition coefficient (Wildman–Crippen LogP) is 3.18. The molecule has 1 saturated carbocycles. The van der Waals surface area contributed by atoms with Crippen LogP contribution in [0.25, 0.3) is 5.69 Å². The highest BCUT2D eigenvalue weighted by molar-refractivity contribution is 5.74. The van der Waals surface area contributed by atoms with Crippen LogP contribution >= 0.6 is 0 Å². The highest BCUT2D eigenvalue weighted by Crippen LogP contribution is 2.28. The maximum Gasteiger partial charge on any atom is 0.350 e. The molecule has 2 amide bonds. The van der Waals surface area contributed by atoms with Crippen LogP contribution < -0.4 is 11.0 Å². The van der Waals surface area contributed by atoms with Crippen molar-refractivity contribution in [1.82, 2.24) is 24.6 Å². The van der Waals surface area contributed by atoms with E-state index in [0.29, 0.717) is 19.1 Å². The molecule has 2 heterocycles. The van der Waals surface area contributed by atoms with Gasteiger partial charge in [-0.1, -0.05) is 43.9 Å². The first kappa shape index (κ1) is 19.7. The number of benzene rings is 1. The number of likely N-dealkylation sites (tertiary alicyclic amines) is 1. The summed E-state index contributed by atoms with van der Waals surface area (Å²) in [6.07, 6.45) is 8.82. The Morgan fingerprint density at radius 1 is 1.00 bits per heavy atom. The number of aryl methyl sites for hydroxylation is 1. The molecule has 7 heteroatoms. The van der Waals surface area contributed by atoms with Gasteiger partial charge in [0.1, 0.15) is 5.82 Å². The Kier molecular flexibility index (Phi) is 6.02. The SMILES string of the molecule is Cn1nc(C2CCN(C(=O)NC3CCCCCC3)CC2)n(-c2ccccc2)c1=O. The molecule has 2 fully saturated rings. The van der Waals surface area contributed by atoms with Crippen molar-refractivity contribution in [2.24, 2.45) is 7.05 Å². The fraction of sp³-hybridized carbons (Fsp3) is 0.591. The number of aromatic nitrogens is 3. The number of hydrogen-bond acceptors (Lipinski definition) is 3. The van der Waals surface area contributed by atoms with Gasteiger partial charge in [-0.3, -0.25) is 0 Å². The molecule has 0 unspecified atom stereocenters. The van der Waals surface area contributed by atoms with Gasteiger partial charge >= 0.3 is 11.7 Å². The Bertz CT molecular complexity index is 872. The molecule has 156 valence electrons. The van der Waals surface area contributed by atoms with E-state index >= 15 is 0 Å². The summed E-state index contributed by atoms with van der Waals surface area (Å²) in [5.41, 5.74) is 0.717. The predicted molar refractivity (Wildman–Crippen MR) is 112 cm³/mol. The molecule has 1 saturated heterocycles. The molecular formula is C22H31N5O2. The zero-order chi connectivity index (χ0) is 20.2. The molecule has 4 rings (SSSR count). The van der Waals surface area contributed by atoms with E-state index in [1.165, 1.54) is 30.4 Å². The lowest BCUT2D eigenvalue weighted by Crippen LogP contribution is -2.47. The van der Waals surface area contributed by atoms with Crippen LogP contribution in [-0.4, -0.2) is 44.4 Å². The molecule has 1 aromatic carbocycles. The summed E-state index contributed by atoms with van der Waals surface area (Å²) in [5, 5.41) is 7.78. The molecule has 0 atom stereocenters. The van der Waals surface area contributed by atoms with Gasteiger partial charge in [0.15, 0.2) is 0 Å². The third-order valence-corrected chi connectivity index (χ3v) is 6.29. The quantitative estimate of drug-likeness (QED) is 0.809. The Labute approximate surface area is 171 Å². The standard InChI is InChI=1S/C22H31N5O2/c1-25-22(29)27(19-11-7-4-8-12-19)20(24-25)17-13-15-26(16-14-17)21(28)23-18-9-5-2-3-6-10-18/h4,7-8,11-12,17-18H,2-3,5-6,9-10,13-16H2,1H3,(H,23,28). The van der Waals surface area contributed by atoms with Crippen molar-refractivity contribution in [3.8, 4) is 5.69 Å². The van der Waals surface area contributed by atoms with E-state index in [1.54, 1.807) is 11.6 Å². The Balaban J connectivity index is 1.42. The van der Waals surface area contributed by atoms with Crippen molar-refractivity contribution in [2.75, 3.05) is 13.1 Å². The summed E-state index contributed by atoms with van der Waals surface area (Å²) in [6.45, 7) is 1.39. The molecule has 2 aliphatic rings. The second-order valence-corrected chi connectivity index (χ2v) is 8.33. The molecule has 1 aliphatic carbocycles. The van der Waals surface area contributed by atoms with Crippen LogP contribution in [0.5, 0.6) is 0 Å². The average molecular weight is 398 g/mol. The summed E-state index contributed by atoms with van der Waals surface area (Å²) in [7, 11) is 1.70. The van der Waals surface area contributed by atoms with Gasteiger partial charge in [-0.2, -0.15) is 5.10 Å². The van der Waals surface area contributed by atoms with Gasteiger partial charge in [0.25, 0.3) is 0 Å². The lowest BCUT2D eigenvalue weighted by Gasteiger charge is -2.32. The minimum atomic E-state index is -0.125.